The van der Waals surface area contributed by atoms with E-state index in [0.29, 0.717) is 19.8 Å². The molecule has 0 fully saturated rings. The highest BCUT2D eigenvalue weighted by Crippen LogP contribution is 2.25. The molecule has 0 N–H and O–H groups in total. The van der Waals surface area contributed by atoms with Gasteiger partial charge >= 0.3 is 0 Å². The van der Waals surface area contributed by atoms with Gasteiger partial charge < -0.3 is 14.2 Å². The molecule has 29 heavy (non-hydrogen) atoms. The molecule has 3 aromatic carbocycles. The van der Waals surface area contributed by atoms with Crippen LogP contribution in [-0.2, 0) is 34.0 Å². The van der Waals surface area contributed by atoms with Gasteiger partial charge in [0.15, 0.2) is 6.29 Å². The van der Waals surface area contributed by atoms with Crippen molar-refractivity contribution in [3.8, 4) is 0 Å². The molecule has 0 aromatic heterocycles. The van der Waals surface area contributed by atoms with Gasteiger partial charge in [0.25, 0.3) is 0 Å². The van der Waals surface area contributed by atoms with Crippen LogP contribution < -0.4 is 0 Å². The van der Waals surface area contributed by atoms with Crippen LogP contribution in [-0.4, -0.2) is 16.1 Å². The van der Waals surface area contributed by atoms with Gasteiger partial charge in [-0.1, -0.05) is 123 Å². The normalized spacial score (nSPS) is 13.3. The molecule has 0 aliphatic carbocycles. The Hall–Kier alpha value is -1.50. The van der Waals surface area contributed by atoms with Crippen LogP contribution >= 0.6 is 31.9 Å². The van der Waals surface area contributed by atoms with E-state index in [1.165, 1.54) is 0 Å². The third-order valence-electron chi connectivity index (χ3n) is 4.28. The number of ether oxygens (including phenoxy) is 3. The van der Waals surface area contributed by atoms with Crippen LogP contribution in [0.5, 0.6) is 0 Å². The number of hydrogen-bond donors (Lipinski definition) is 0. The van der Waals surface area contributed by atoms with Crippen LogP contribution in [0.15, 0.2) is 91.0 Å². The molecule has 0 saturated heterocycles. The van der Waals surface area contributed by atoms with Gasteiger partial charge in [-0.25, -0.2) is 0 Å². The lowest BCUT2D eigenvalue weighted by molar-refractivity contribution is -0.163. The Balaban J connectivity index is 1.59. The van der Waals surface area contributed by atoms with Crippen molar-refractivity contribution in [2.75, 3.05) is 0 Å². The zero-order valence-corrected chi connectivity index (χ0v) is 19.2. The van der Waals surface area contributed by atoms with E-state index in [0.717, 1.165) is 16.7 Å². The maximum atomic E-state index is 6.11. The van der Waals surface area contributed by atoms with E-state index in [9.17, 15) is 0 Å². The molecule has 2 atom stereocenters. The molecule has 152 valence electrons. The fourth-order valence-electron chi connectivity index (χ4n) is 2.70. The summed E-state index contributed by atoms with van der Waals surface area (Å²) in [6, 6.07) is 30.2. The van der Waals surface area contributed by atoms with Crippen molar-refractivity contribution in [1.29, 1.82) is 0 Å². The average Bonchev–Trinajstić information content (AvgIpc) is 2.79. The van der Waals surface area contributed by atoms with Crippen LogP contribution in [0, 0.1) is 0 Å². The second-order valence-corrected chi connectivity index (χ2v) is 8.51. The first-order chi connectivity index (χ1) is 14.2. The molecule has 0 spiro atoms. The van der Waals surface area contributed by atoms with E-state index >= 15 is 0 Å². The molecule has 0 aliphatic heterocycles. The smallest absolute Gasteiger partial charge is 0.174 e. The number of halogens is 2. The second kappa shape index (κ2) is 12.3. The fraction of sp³-hybridized carbons (Fsp3) is 0.250. The van der Waals surface area contributed by atoms with Gasteiger partial charge in [0.05, 0.1) is 19.8 Å². The fourth-order valence-corrected chi connectivity index (χ4v) is 3.54. The summed E-state index contributed by atoms with van der Waals surface area (Å²) >= 11 is 7.33. The third kappa shape index (κ3) is 7.68. The molecule has 0 amide bonds. The molecule has 0 heterocycles. The van der Waals surface area contributed by atoms with Gasteiger partial charge in [-0.05, 0) is 16.7 Å². The molecule has 0 aliphatic rings. The Morgan fingerprint density at radius 1 is 0.517 bits per heavy atom. The molecule has 0 bridgehead atoms. The quantitative estimate of drug-likeness (QED) is 0.215. The van der Waals surface area contributed by atoms with E-state index < -0.39 is 6.29 Å². The van der Waals surface area contributed by atoms with Crippen LogP contribution in [0.3, 0.4) is 0 Å². The third-order valence-corrected chi connectivity index (χ3v) is 6.73. The predicted molar refractivity (Wildman–Crippen MR) is 123 cm³/mol. The molecular formula is C24H24Br2O3. The zero-order valence-electron chi connectivity index (χ0n) is 16.0. The maximum Gasteiger partial charge on any atom is 0.174 e. The van der Waals surface area contributed by atoms with Crippen molar-refractivity contribution >= 4 is 31.9 Å². The monoisotopic (exact) mass is 518 g/mol. The predicted octanol–water partition coefficient (Wildman–Crippen LogP) is 6.45. The molecular weight excluding hydrogens is 496 g/mol. The van der Waals surface area contributed by atoms with Crippen LogP contribution in [0.1, 0.15) is 16.7 Å². The second-order valence-electron chi connectivity index (χ2n) is 6.55. The van der Waals surface area contributed by atoms with Gasteiger partial charge in [0, 0.05) is 0 Å². The highest BCUT2D eigenvalue weighted by Gasteiger charge is 2.28. The molecule has 3 rings (SSSR count). The van der Waals surface area contributed by atoms with Crippen molar-refractivity contribution < 1.29 is 14.2 Å². The molecule has 0 saturated carbocycles. The van der Waals surface area contributed by atoms with Crippen molar-refractivity contribution in [3.05, 3.63) is 108 Å². The minimum Gasteiger partial charge on any atom is -0.361 e. The minimum absolute atomic E-state index is 0.196. The van der Waals surface area contributed by atoms with E-state index in [4.69, 9.17) is 14.2 Å². The summed E-state index contributed by atoms with van der Waals surface area (Å²) in [4.78, 5) is -0.196. The van der Waals surface area contributed by atoms with Gasteiger partial charge in [-0.15, -0.1) is 0 Å². The zero-order chi connectivity index (χ0) is 20.3. The number of alkyl halides is 2. The van der Waals surface area contributed by atoms with Gasteiger partial charge in [-0.3, -0.25) is 0 Å². The summed E-state index contributed by atoms with van der Waals surface area (Å²) < 4.78 is 18.2. The van der Waals surface area contributed by atoms with Crippen molar-refractivity contribution in [2.24, 2.45) is 0 Å². The Labute approximate surface area is 189 Å². The van der Waals surface area contributed by atoms with Crippen LogP contribution in [0.25, 0.3) is 0 Å². The lowest BCUT2D eigenvalue weighted by Gasteiger charge is -2.27. The molecule has 0 radical (unpaired) electrons. The van der Waals surface area contributed by atoms with Crippen LogP contribution in [0.2, 0.25) is 0 Å². The Morgan fingerprint density at radius 3 is 1.24 bits per heavy atom. The minimum atomic E-state index is -0.490. The van der Waals surface area contributed by atoms with Crippen molar-refractivity contribution in [1.82, 2.24) is 0 Å². The lowest BCUT2D eigenvalue weighted by Crippen LogP contribution is -2.35. The summed E-state index contributed by atoms with van der Waals surface area (Å²) in [5, 5.41) is -0.278. The van der Waals surface area contributed by atoms with Gasteiger partial charge in [-0.2, -0.15) is 0 Å². The summed E-state index contributed by atoms with van der Waals surface area (Å²) in [5.41, 5.74) is 3.30. The summed E-state index contributed by atoms with van der Waals surface area (Å²) in [6.45, 7) is 1.42. The number of benzene rings is 3. The first kappa shape index (κ1) is 22.2. The Kier molecular flexibility index (Phi) is 9.38. The summed E-state index contributed by atoms with van der Waals surface area (Å²) in [7, 11) is 0. The summed E-state index contributed by atoms with van der Waals surface area (Å²) in [6.07, 6.45) is -0.490. The summed E-state index contributed by atoms with van der Waals surface area (Å²) in [5.74, 6) is 0. The van der Waals surface area contributed by atoms with E-state index in [2.05, 4.69) is 31.9 Å². The SMILES string of the molecule is BrC(OCc1ccccc1)C(Br)C(OCc1ccccc1)OCc1ccccc1. The molecule has 5 heteroatoms. The first-order valence-electron chi connectivity index (χ1n) is 9.47. The maximum absolute atomic E-state index is 6.11. The Morgan fingerprint density at radius 2 is 0.862 bits per heavy atom. The highest BCUT2D eigenvalue weighted by molar-refractivity contribution is 9.12. The van der Waals surface area contributed by atoms with Crippen molar-refractivity contribution in [2.45, 2.75) is 36.0 Å². The van der Waals surface area contributed by atoms with E-state index in [-0.39, 0.29) is 9.84 Å². The largest absolute Gasteiger partial charge is 0.361 e. The van der Waals surface area contributed by atoms with Gasteiger partial charge in [0.1, 0.15) is 9.84 Å². The lowest BCUT2D eigenvalue weighted by atomic mass is 10.2. The van der Waals surface area contributed by atoms with Crippen molar-refractivity contribution in [3.63, 3.8) is 0 Å². The molecule has 3 nitrogen and oxygen atoms in total. The number of rotatable bonds is 11. The topological polar surface area (TPSA) is 27.7 Å². The number of hydrogen-bond acceptors (Lipinski definition) is 3. The first-order valence-corrected chi connectivity index (χ1v) is 11.3. The average molecular weight is 520 g/mol. The standard InChI is InChI=1S/C24H24Br2O3/c25-22(23(26)27-16-19-10-4-1-5-11-19)24(28-17-20-12-6-2-7-13-20)29-18-21-14-8-3-9-15-21/h1-15,22-24H,16-18H2. The molecule has 3 aromatic rings. The molecule has 2 unspecified atom stereocenters. The van der Waals surface area contributed by atoms with Gasteiger partial charge in [0.2, 0.25) is 0 Å². The van der Waals surface area contributed by atoms with Crippen LogP contribution in [0.4, 0.5) is 0 Å². The highest BCUT2D eigenvalue weighted by atomic mass is 79.9. The van der Waals surface area contributed by atoms with E-state index in [1.807, 2.05) is 91.0 Å². The van der Waals surface area contributed by atoms with E-state index in [1.54, 1.807) is 0 Å². The Bertz CT molecular complexity index is 772.